The molecule has 0 aliphatic carbocycles. The summed E-state index contributed by atoms with van der Waals surface area (Å²) in [6.45, 7) is 3.86. The van der Waals surface area contributed by atoms with Crippen LogP contribution in [0.3, 0.4) is 0 Å². The summed E-state index contributed by atoms with van der Waals surface area (Å²) in [5.74, 6) is 0.0833. The van der Waals surface area contributed by atoms with E-state index in [-0.39, 0.29) is 18.6 Å². The van der Waals surface area contributed by atoms with E-state index in [1.165, 1.54) is 0 Å². The molecule has 1 aromatic rings. The number of anilines is 1. The smallest absolute Gasteiger partial charge is 0.255 e. The zero-order chi connectivity index (χ0) is 12.8. The van der Waals surface area contributed by atoms with Gasteiger partial charge in [0.2, 0.25) is 0 Å². The highest BCUT2D eigenvalue weighted by molar-refractivity contribution is 5.98. The Bertz CT molecular complexity index is 393. The maximum absolute atomic E-state index is 11.9. The fourth-order valence-electron chi connectivity index (χ4n) is 1.39. The molecule has 1 amide bonds. The molecule has 0 bridgehead atoms. The summed E-state index contributed by atoms with van der Waals surface area (Å²) in [5.41, 5.74) is 6.56. The zero-order valence-corrected chi connectivity index (χ0v) is 10.1. The van der Waals surface area contributed by atoms with Crippen molar-refractivity contribution in [2.75, 3.05) is 18.9 Å². The molecule has 17 heavy (non-hydrogen) atoms. The van der Waals surface area contributed by atoms with Gasteiger partial charge in [0.1, 0.15) is 0 Å². The van der Waals surface area contributed by atoms with Gasteiger partial charge in [-0.2, -0.15) is 0 Å². The molecular formula is C12H18N2O3. The van der Waals surface area contributed by atoms with Crippen molar-refractivity contribution in [3.05, 3.63) is 23.8 Å². The van der Waals surface area contributed by atoms with E-state index in [9.17, 15) is 4.79 Å². The number of nitrogens with two attached hydrogens (primary N) is 1. The molecule has 0 heterocycles. The molecule has 5 nitrogen and oxygen atoms in total. The molecule has 0 radical (unpaired) electrons. The number of rotatable bonds is 5. The number of hydrogen-bond donors (Lipinski definition) is 3. The number of aliphatic hydroxyl groups excluding tert-OH is 1. The van der Waals surface area contributed by atoms with Gasteiger partial charge >= 0.3 is 0 Å². The number of benzene rings is 1. The molecule has 0 aliphatic heterocycles. The molecule has 1 rings (SSSR count). The fraction of sp³-hybridized carbons (Fsp3) is 0.417. The van der Waals surface area contributed by atoms with E-state index < -0.39 is 0 Å². The minimum absolute atomic E-state index is 0.113. The minimum Gasteiger partial charge on any atom is -0.491 e. The van der Waals surface area contributed by atoms with Gasteiger partial charge in [-0.3, -0.25) is 4.79 Å². The van der Waals surface area contributed by atoms with Crippen molar-refractivity contribution >= 4 is 11.6 Å². The van der Waals surface area contributed by atoms with Gasteiger partial charge in [-0.05, 0) is 26.0 Å². The van der Waals surface area contributed by atoms with E-state index in [2.05, 4.69) is 5.32 Å². The van der Waals surface area contributed by atoms with Crippen LogP contribution in [0.2, 0.25) is 0 Å². The van der Waals surface area contributed by atoms with E-state index >= 15 is 0 Å². The first-order chi connectivity index (χ1) is 8.10. The third-order valence-corrected chi connectivity index (χ3v) is 2.23. The molecule has 0 saturated carbocycles. The second-order valence-corrected chi connectivity index (χ2v) is 3.71. The Hall–Kier alpha value is -1.75. The second-order valence-electron chi connectivity index (χ2n) is 3.71. The molecule has 94 valence electrons. The molecule has 0 spiro atoms. The SMILES string of the molecule is CCOc1c(N)cccc1C(=O)N[C@H](C)CO. The number of nitrogens with one attached hydrogen (secondary N) is 1. The number of carbonyl (C=O) groups excluding carboxylic acids is 1. The van der Waals surface area contributed by atoms with Gasteiger partial charge < -0.3 is 20.9 Å². The van der Waals surface area contributed by atoms with E-state index in [4.69, 9.17) is 15.6 Å². The lowest BCUT2D eigenvalue weighted by atomic mass is 10.1. The average Bonchev–Trinajstić information content (AvgIpc) is 2.31. The average molecular weight is 238 g/mol. The Balaban J connectivity index is 2.96. The molecule has 4 N–H and O–H groups in total. The van der Waals surface area contributed by atoms with Crippen LogP contribution >= 0.6 is 0 Å². The summed E-state index contributed by atoms with van der Waals surface area (Å²) >= 11 is 0. The molecule has 0 fully saturated rings. The number of para-hydroxylation sites is 1. The van der Waals surface area contributed by atoms with Crippen LogP contribution in [0.5, 0.6) is 5.75 Å². The highest BCUT2D eigenvalue weighted by Gasteiger charge is 2.16. The Morgan fingerprint density at radius 1 is 1.59 bits per heavy atom. The lowest BCUT2D eigenvalue weighted by Gasteiger charge is -2.15. The fourth-order valence-corrected chi connectivity index (χ4v) is 1.39. The molecule has 0 unspecified atom stereocenters. The van der Waals surface area contributed by atoms with Gasteiger partial charge in [0.05, 0.1) is 24.5 Å². The van der Waals surface area contributed by atoms with Gasteiger partial charge in [0.15, 0.2) is 5.75 Å². The van der Waals surface area contributed by atoms with Crippen LogP contribution in [-0.4, -0.2) is 30.3 Å². The first kappa shape index (κ1) is 13.3. The summed E-state index contributed by atoms with van der Waals surface area (Å²) < 4.78 is 5.36. The van der Waals surface area contributed by atoms with Crippen LogP contribution in [0.1, 0.15) is 24.2 Å². The maximum atomic E-state index is 11.9. The molecule has 5 heteroatoms. The summed E-state index contributed by atoms with van der Waals surface area (Å²) in [4.78, 5) is 11.9. The first-order valence-electron chi connectivity index (χ1n) is 5.53. The monoisotopic (exact) mass is 238 g/mol. The largest absolute Gasteiger partial charge is 0.491 e. The maximum Gasteiger partial charge on any atom is 0.255 e. The van der Waals surface area contributed by atoms with Crippen LogP contribution in [0.25, 0.3) is 0 Å². The number of ether oxygens (including phenoxy) is 1. The summed E-state index contributed by atoms with van der Waals surface area (Å²) in [6.07, 6.45) is 0. The third-order valence-electron chi connectivity index (χ3n) is 2.23. The summed E-state index contributed by atoms with van der Waals surface area (Å²) in [6, 6.07) is 4.70. The minimum atomic E-state index is -0.307. The summed E-state index contributed by atoms with van der Waals surface area (Å²) in [5, 5.41) is 11.5. The van der Waals surface area contributed by atoms with Crippen molar-refractivity contribution in [1.82, 2.24) is 5.32 Å². The number of amides is 1. The lowest BCUT2D eigenvalue weighted by Crippen LogP contribution is -2.35. The van der Waals surface area contributed by atoms with Crippen molar-refractivity contribution in [3.63, 3.8) is 0 Å². The van der Waals surface area contributed by atoms with Crippen molar-refractivity contribution in [1.29, 1.82) is 0 Å². The topological polar surface area (TPSA) is 84.6 Å². The number of hydrogen-bond acceptors (Lipinski definition) is 4. The highest BCUT2D eigenvalue weighted by Crippen LogP contribution is 2.26. The van der Waals surface area contributed by atoms with Gasteiger partial charge in [0.25, 0.3) is 5.91 Å². The van der Waals surface area contributed by atoms with Crippen LogP contribution in [0.15, 0.2) is 18.2 Å². The molecular weight excluding hydrogens is 220 g/mol. The summed E-state index contributed by atoms with van der Waals surface area (Å²) in [7, 11) is 0. The Morgan fingerprint density at radius 2 is 2.29 bits per heavy atom. The highest BCUT2D eigenvalue weighted by atomic mass is 16.5. The van der Waals surface area contributed by atoms with Gasteiger partial charge in [-0.25, -0.2) is 0 Å². The van der Waals surface area contributed by atoms with E-state index in [0.29, 0.717) is 23.6 Å². The van der Waals surface area contributed by atoms with Crippen molar-refractivity contribution < 1.29 is 14.6 Å². The number of carbonyl (C=O) groups is 1. The van der Waals surface area contributed by atoms with Crippen LogP contribution in [-0.2, 0) is 0 Å². The standard InChI is InChI=1S/C12H18N2O3/c1-3-17-11-9(5-4-6-10(11)13)12(16)14-8(2)7-15/h4-6,8,15H,3,7,13H2,1-2H3,(H,14,16)/t8-/m1/s1. The molecule has 1 atom stereocenters. The Morgan fingerprint density at radius 3 is 2.88 bits per heavy atom. The van der Waals surface area contributed by atoms with Crippen molar-refractivity contribution in [2.45, 2.75) is 19.9 Å². The number of aliphatic hydroxyl groups is 1. The van der Waals surface area contributed by atoms with Crippen LogP contribution < -0.4 is 15.8 Å². The molecule has 0 aliphatic rings. The Labute approximate surface area is 101 Å². The van der Waals surface area contributed by atoms with E-state index in [0.717, 1.165) is 0 Å². The third kappa shape index (κ3) is 3.35. The van der Waals surface area contributed by atoms with Crippen molar-refractivity contribution in [3.8, 4) is 5.75 Å². The van der Waals surface area contributed by atoms with E-state index in [1.807, 2.05) is 6.92 Å². The molecule has 0 aromatic heterocycles. The van der Waals surface area contributed by atoms with Crippen molar-refractivity contribution in [2.24, 2.45) is 0 Å². The van der Waals surface area contributed by atoms with Gasteiger partial charge in [-0.15, -0.1) is 0 Å². The van der Waals surface area contributed by atoms with Crippen LogP contribution in [0, 0.1) is 0 Å². The molecule has 0 saturated heterocycles. The lowest BCUT2D eigenvalue weighted by molar-refractivity contribution is 0.0918. The quantitative estimate of drug-likeness (QED) is 0.662. The molecule has 1 aromatic carbocycles. The van der Waals surface area contributed by atoms with Crippen LogP contribution in [0.4, 0.5) is 5.69 Å². The zero-order valence-electron chi connectivity index (χ0n) is 10.1. The van der Waals surface area contributed by atoms with Gasteiger partial charge in [-0.1, -0.05) is 6.07 Å². The van der Waals surface area contributed by atoms with E-state index in [1.54, 1.807) is 25.1 Å². The normalized spacial score (nSPS) is 11.9. The predicted octanol–water partition coefficient (Wildman–Crippen LogP) is 0.778. The first-order valence-corrected chi connectivity index (χ1v) is 5.53. The van der Waals surface area contributed by atoms with Gasteiger partial charge in [0, 0.05) is 6.04 Å². The Kier molecular flexibility index (Phi) is 4.78. The second kappa shape index (κ2) is 6.10. The predicted molar refractivity (Wildman–Crippen MR) is 66.0 cm³/mol. The number of nitrogen functional groups attached to an aromatic ring is 1.